The molecular weight excluding hydrogens is 298 g/mol. The van der Waals surface area contributed by atoms with Gasteiger partial charge in [0, 0.05) is 36.6 Å². The summed E-state index contributed by atoms with van der Waals surface area (Å²) >= 11 is 0. The van der Waals surface area contributed by atoms with Crippen LogP contribution in [0.4, 0.5) is 11.4 Å². The van der Waals surface area contributed by atoms with E-state index in [2.05, 4.69) is 16.5 Å². The molecular formula is C20H17N3O. The third-order valence-electron chi connectivity index (χ3n) is 4.21. The quantitative estimate of drug-likeness (QED) is 0.795. The predicted molar refractivity (Wildman–Crippen MR) is 96.1 cm³/mol. The Morgan fingerprint density at radius 1 is 1.08 bits per heavy atom. The number of carbonyl (C=O) groups is 1. The van der Waals surface area contributed by atoms with E-state index in [4.69, 9.17) is 0 Å². The van der Waals surface area contributed by atoms with Crippen molar-refractivity contribution in [2.45, 2.75) is 6.42 Å². The van der Waals surface area contributed by atoms with E-state index in [1.807, 2.05) is 61.9 Å². The number of fused-ring (bicyclic) bond motifs is 1. The molecule has 0 radical (unpaired) electrons. The number of hydrogen-bond acceptors (Lipinski definition) is 3. The molecule has 0 saturated carbocycles. The van der Waals surface area contributed by atoms with Crippen LogP contribution in [0.2, 0.25) is 0 Å². The zero-order valence-corrected chi connectivity index (χ0v) is 13.4. The average molecular weight is 315 g/mol. The summed E-state index contributed by atoms with van der Waals surface area (Å²) in [5, 5.41) is 7.69. The average Bonchev–Trinajstić information content (AvgIpc) is 3.02. The van der Waals surface area contributed by atoms with E-state index in [9.17, 15) is 4.79 Å². The molecule has 1 aliphatic rings. The van der Waals surface area contributed by atoms with Gasteiger partial charge in [0.1, 0.15) is 0 Å². The molecule has 0 saturated heterocycles. The lowest BCUT2D eigenvalue weighted by Gasteiger charge is -2.19. The number of nitrogens with one attached hydrogen (secondary N) is 1. The van der Waals surface area contributed by atoms with Crippen LogP contribution in [0.3, 0.4) is 0 Å². The second-order valence-electron chi connectivity index (χ2n) is 5.92. The van der Waals surface area contributed by atoms with Gasteiger partial charge < -0.3 is 5.32 Å². The van der Waals surface area contributed by atoms with Gasteiger partial charge in [-0.2, -0.15) is 5.10 Å². The zero-order valence-electron chi connectivity index (χ0n) is 13.4. The summed E-state index contributed by atoms with van der Waals surface area (Å²) in [5.74, 6) is 0.127. The normalized spacial score (nSPS) is 13.0. The molecule has 0 spiro atoms. The highest BCUT2D eigenvalue weighted by Gasteiger charge is 2.19. The number of aryl methyl sites for hydroxylation is 1. The largest absolute Gasteiger partial charge is 0.355 e. The lowest BCUT2D eigenvalue weighted by Crippen LogP contribution is -2.09. The number of anilines is 2. The SMILES string of the molecule is Cn1cc(-c2ccc(Nc3ccccc3)c3c2C=CC(=O)C3)cn1. The topological polar surface area (TPSA) is 46.9 Å². The van der Waals surface area contributed by atoms with Crippen LogP contribution in [0, 0.1) is 0 Å². The van der Waals surface area contributed by atoms with Crippen LogP contribution >= 0.6 is 0 Å². The van der Waals surface area contributed by atoms with E-state index in [1.165, 1.54) is 0 Å². The lowest BCUT2D eigenvalue weighted by molar-refractivity contribution is -0.114. The molecule has 4 nitrogen and oxygen atoms in total. The summed E-state index contributed by atoms with van der Waals surface area (Å²) in [4.78, 5) is 12.0. The maximum atomic E-state index is 12.0. The lowest BCUT2D eigenvalue weighted by atomic mass is 9.89. The first-order valence-corrected chi connectivity index (χ1v) is 7.88. The van der Waals surface area contributed by atoms with Crippen molar-refractivity contribution in [2.75, 3.05) is 5.32 Å². The van der Waals surface area contributed by atoms with Crippen molar-refractivity contribution in [3.8, 4) is 11.1 Å². The Bertz CT molecular complexity index is 939. The second kappa shape index (κ2) is 5.81. The Kier molecular flexibility index (Phi) is 3.50. The van der Waals surface area contributed by atoms with Crippen molar-refractivity contribution in [3.05, 3.63) is 72.1 Å². The van der Waals surface area contributed by atoms with Crippen LogP contribution in [-0.4, -0.2) is 15.6 Å². The molecule has 0 atom stereocenters. The summed E-state index contributed by atoms with van der Waals surface area (Å²) in [6.07, 6.45) is 7.83. The molecule has 1 heterocycles. The van der Waals surface area contributed by atoms with Gasteiger partial charge in [-0.25, -0.2) is 0 Å². The molecule has 118 valence electrons. The van der Waals surface area contributed by atoms with Gasteiger partial charge in [0.15, 0.2) is 5.78 Å². The number of ketones is 1. The van der Waals surface area contributed by atoms with Gasteiger partial charge in [0.05, 0.1) is 6.20 Å². The van der Waals surface area contributed by atoms with E-state index in [-0.39, 0.29) is 5.78 Å². The minimum absolute atomic E-state index is 0.127. The minimum Gasteiger partial charge on any atom is -0.355 e. The number of rotatable bonds is 3. The van der Waals surface area contributed by atoms with Crippen LogP contribution in [0.25, 0.3) is 17.2 Å². The van der Waals surface area contributed by atoms with Crippen LogP contribution in [0.5, 0.6) is 0 Å². The van der Waals surface area contributed by atoms with Crippen LogP contribution in [-0.2, 0) is 18.3 Å². The maximum absolute atomic E-state index is 12.0. The van der Waals surface area contributed by atoms with Gasteiger partial charge in [-0.05, 0) is 41.0 Å². The molecule has 4 heteroatoms. The molecule has 4 rings (SSSR count). The number of benzene rings is 2. The van der Waals surface area contributed by atoms with E-state index in [1.54, 1.807) is 10.8 Å². The summed E-state index contributed by atoms with van der Waals surface area (Å²) in [5.41, 5.74) is 6.26. The molecule has 2 aromatic carbocycles. The molecule has 0 bridgehead atoms. The first-order valence-electron chi connectivity index (χ1n) is 7.88. The first kappa shape index (κ1) is 14.5. The van der Waals surface area contributed by atoms with Gasteiger partial charge in [-0.15, -0.1) is 0 Å². The highest BCUT2D eigenvalue weighted by atomic mass is 16.1. The van der Waals surface area contributed by atoms with Gasteiger partial charge in [-0.3, -0.25) is 9.48 Å². The zero-order chi connectivity index (χ0) is 16.5. The Labute approximate surface area is 140 Å². The van der Waals surface area contributed by atoms with Crippen molar-refractivity contribution in [3.63, 3.8) is 0 Å². The molecule has 24 heavy (non-hydrogen) atoms. The van der Waals surface area contributed by atoms with E-state index < -0.39 is 0 Å². The number of allylic oxidation sites excluding steroid dienone is 1. The van der Waals surface area contributed by atoms with Crippen molar-refractivity contribution in [1.82, 2.24) is 9.78 Å². The van der Waals surface area contributed by atoms with Crippen molar-refractivity contribution >= 4 is 23.2 Å². The highest BCUT2D eigenvalue weighted by molar-refractivity contribution is 6.02. The molecule has 3 aromatic rings. The van der Waals surface area contributed by atoms with Crippen LogP contribution < -0.4 is 5.32 Å². The van der Waals surface area contributed by atoms with Gasteiger partial charge >= 0.3 is 0 Å². The van der Waals surface area contributed by atoms with Gasteiger partial charge in [0.25, 0.3) is 0 Å². The Morgan fingerprint density at radius 3 is 2.67 bits per heavy atom. The summed E-state index contributed by atoms with van der Waals surface area (Å²) in [6, 6.07) is 14.1. The monoisotopic (exact) mass is 315 g/mol. The van der Waals surface area contributed by atoms with Gasteiger partial charge in [0.2, 0.25) is 0 Å². The Morgan fingerprint density at radius 2 is 1.92 bits per heavy atom. The molecule has 0 unspecified atom stereocenters. The Balaban J connectivity index is 1.82. The van der Waals surface area contributed by atoms with E-state index >= 15 is 0 Å². The molecule has 1 aliphatic carbocycles. The fourth-order valence-electron chi connectivity index (χ4n) is 3.06. The number of carbonyl (C=O) groups excluding carboxylic acids is 1. The fraction of sp³-hybridized carbons (Fsp3) is 0.100. The molecule has 0 fully saturated rings. The summed E-state index contributed by atoms with van der Waals surface area (Å²) in [7, 11) is 1.90. The fourth-order valence-corrected chi connectivity index (χ4v) is 3.06. The summed E-state index contributed by atoms with van der Waals surface area (Å²) in [6.45, 7) is 0. The predicted octanol–water partition coefficient (Wildman–Crippen LogP) is 3.97. The van der Waals surface area contributed by atoms with Crippen molar-refractivity contribution < 1.29 is 4.79 Å². The smallest absolute Gasteiger partial charge is 0.160 e. The molecule has 0 amide bonds. The van der Waals surface area contributed by atoms with E-state index in [0.29, 0.717) is 6.42 Å². The maximum Gasteiger partial charge on any atom is 0.160 e. The van der Waals surface area contributed by atoms with Gasteiger partial charge in [-0.1, -0.05) is 30.3 Å². The number of para-hydroxylation sites is 1. The Hall–Kier alpha value is -3.14. The number of hydrogen-bond donors (Lipinski definition) is 1. The standard InChI is InChI=1S/C20H17N3O/c1-23-13-14(12-21-23)17-9-10-20(22-15-5-3-2-4-6-15)19-11-16(24)7-8-18(17)19/h2-10,12-13,22H,11H2,1H3. The molecule has 0 aliphatic heterocycles. The third kappa shape index (κ3) is 2.63. The minimum atomic E-state index is 0.127. The highest BCUT2D eigenvalue weighted by Crippen LogP contribution is 2.35. The molecule has 1 N–H and O–H groups in total. The summed E-state index contributed by atoms with van der Waals surface area (Å²) < 4.78 is 1.79. The van der Waals surface area contributed by atoms with Crippen LogP contribution in [0.1, 0.15) is 11.1 Å². The third-order valence-corrected chi connectivity index (χ3v) is 4.21. The number of nitrogens with zero attached hydrogens (tertiary/aromatic N) is 2. The number of aromatic nitrogens is 2. The van der Waals surface area contributed by atoms with Crippen LogP contribution in [0.15, 0.2) is 60.9 Å². The van der Waals surface area contributed by atoms with Crippen molar-refractivity contribution in [2.24, 2.45) is 7.05 Å². The first-order chi connectivity index (χ1) is 11.7. The second-order valence-corrected chi connectivity index (χ2v) is 5.92. The van der Waals surface area contributed by atoms with Crippen molar-refractivity contribution in [1.29, 1.82) is 0 Å². The van der Waals surface area contributed by atoms with E-state index in [0.717, 1.165) is 33.6 Å². The molecule has 1 aromatic heterocycles.